The van der Waals surface area contributed by atoms with Crippen molar-refractivity contribution in [3.05, 3.63) is 34.3 Å². The lowest BCUT2D eigenvalue weighted by molar-refractivity contribution is -0.121. The van der Waals surface area contributed by atoms with Crippen molar-refractivity contribution in [2.75, 3.05) is 10.6 Å². The quantitative estimate of drug-likeness (QED) is 0.851. The van der Waals surface area contributed by atoms with E-state index in [1.54, 1.807) is 0 Å². The number of aryl methyl sites for hydroxylation is 3. The minimum absolute atomic E-state index is 0.109. The molecule has 2 aromatic rings. The highest BCUT2D eigenvalue weighted by Crippen LogP contribution is 2.16. The third-order valence-corrected chi connectivity index (χ3v) is 4.08. The number of carbonyl (C=O) groups is 2. The van der Waals surface area contributed by atoms with E-state index < -0.39 is 0 Å². The normalized spacial score (nSPS) is 10.4. The molecular weight excluding hydrogens is 312 g/mol. The van der Waals surface area contributed by atoms with Gasteiger partial charge in [0.2, 0.25) is 16.9 Å². The predicted molar refractivity (Wildman–Crippen MR) is 91.7 cm³/mol. The number of hydrogen-bond donors (Lipinski definition) is 2. The predicted octanol–water partition coefficient (Wildman–Crippen LogP) is 3.07. The molecule has 0 aliphatic rings. The highest BCUT2D eigenvalue weighted by Gasteiger charge is 2.10. The van der Waals surface area contributed by atoms with Crippen LogP contribution in [0.3, 0.4) is 0 Å². The SMILES string of the molecule is CCc1nnc(NC(=O)CCC(=O)Nc2cc(C)cc(C)c2)s1. The van der Waals surface area contributed by atoms with E-state index in [2.05, 4.69) is 20.8 Å². The van der Waals surface area contributed by atoms with Crippen LogP contribution in [0.25, 0.3) is 0 Å². The second kappa shape index (κ2) is 7.82. The van der Waals surface area contributed by atoms with E-state index in [0.29, 0.717) is 5.13 Å². The molecule has 0 fully saturated rings. The van der Waals surface area contributed by atoms with Gasteiger partial charge in [0.15, 0.2) is 0 Å². The second-order valence-corrected chi connectivity index (χ2v) is 6.39. The summed E-state index contributed by atoms with van der Waals surface area (Å²) in [5.41, 5.74) is 2.92. The van der Waals surface area contributed by atoms with Gasteiger partial charge in [-0.05, 0) is 43.5 Å². The highest BCUT2D eigenvalue weighted by molar-refractivity contribution is 7.15. The maximum atomic E-state index is 11.9. The van der Waals surface area contributed by atoms with Crippen molar-refractivity contribution in [1.29, 1.82) is 0 Å². The Morgan fingerprint density at radius 2 is 1.61 bits per heavy atom. The largest absolute Gasteiger partial charge is 0.326 e. The molecule has 2 rings (SSSR count). The molecule has 0 saturated carbocycles. The molecule has 0 bridgehead atoms. The lowest BCUT2D eigenvalue weighted by Gasteiger charge is -2.07. The van der Waals surface area contributed by atoms with Crippen molar-refractivity contribution in [2.24, 2.45) is 0 Å². The summed E-state index contributed by atoms with van der Waals surface area (Å²) in [6.45, 7) is 5.93. The van der Waals surface area contributed by atoms with E-state index in [1.807, 2.05) is 39.0 Å². The van der Waals surface area contributed by atoms with Gasteiger partial charge in [-0.1, -0.05) is 24.3 Å². The average Bonchev–Trinajstić information content (AvgIpc) is 2.91. The molecule has 2 N–H and O–H groups in total. The Morgan fingerprint density at radius 3 is 2.17 bits per heavy atom. The zero-order valence-corrected chi connectivity index (χ0v) is 14.3. The van der Waals surface area contributed by atoms with Crippen LogP contribution in [-0.2, 0) is 16.0 Å². The summed E-state index contributed by atoms with van der Waals surface area (Å²) in [6, 6.07) is 5.84. The Hall–Kier alpha value is -2.28. The molecule has 0 saturated heterocycles. The lowest BCUT2D eigenvalue weighted by atomic mass is 10.1. The van der Waals surface area contributed by atoms with E-state index in [4.69, 9.17) is 0 Å². The first-order valence-corrected chi connectivity index (χ1v) is 8.28. The molecule has 122 valence electrons. The van der Waals surface area contributed by atoms with Gasteiger partial charge in [-0.25, -0.2) is 0 Å². The van der Waals surface area contributed by atoms with Crippen LogP contribution in [0.15, 0.2) is 18.2 Å². The first kappa shape index (κ1) is 17.1. The third kappa shape index (κ3) is 5.45. The topological polar surface area (TPSA) is 84.0 Å². The van der Waals surface area contributed by atoms with Gasteiger partial charge in [0.1, 0.15) is 5.01 Å². The summed E-state index contributed by atoms with van der Waals surface area (Å²) < 4.78 is 0. The summed E-state index contributed by atoms with van der Waals surface area (Å²) in [5.74, 6) is -0.420. The first-order chi connectivity index (χ1) is 11.0. The summed E-state index contributed by atoms with van der Waals surface area (Å²) in [5, 5.41) is 14.6. The van der Waals surface area contributed by atoms with Gasteiger partial charge in [-0.15, -0.1) is 10.2 Å². The Labute approximate surface area is 139 Å². The Balaban J connectivity index is 1.80. The molecule has 0 atom stereocenters. The molecule has 7 heteroatoms. The standard InChI is InChI=1S/C16H20N4O2S/c1-4-15-19-20-16(23-15)18-14(22)6-5-13(21)17-12-8-10(2)7-11(3)9-12/h7-9H,4-6H2,1-3H3,(H,17,21)(H,18,20,22). The van der Waals surface area contributed by atoms with Crippen molar-refractivity contribution >= 4 is 34.0 Å². The molecule has 1 aromatic carbocycles. The highest BCUT2D eigenvalue weighted by atomic mass is 32.1. The molecule has 0 spiro atoms. The van der Waals surface area contributed by atoms with Crippen LogP contribution in [0.4, 0.5) is 10.8 Å². The number of rotatable bonds is 6. The molecule has 1 heterocycles. The van der Waals surface area contributed by atoms with Gasteiger partial charge in [0.25, 0.3) is 0 Å². The molecule has 2 amide bonds. The summed E-state index contributed by atoms with van der Waals surface area (Å²) in [7, 11) is 0. The minimum atomic E-state index is -0.237. The number of carbonyl (C=O) groups excluding carboxylic acids is 2. The fraction of sp³-hybridized carbons (Fsp3) is 0.375. The van der Waals surface area contributed by atoms with Crippen LogP contribution in [0.1, 0.15) is 35.9 Å². The van der Waals surface area contributed by atoms with Gasteiger partial charge in [0, 0.05) is 18.5 Å². The van der Waals surface area contributed by atoms with Crippen LogP contribution in [0, 0.1) is 13.8 Å². The zero-order valence-electron chi connectivity index (χ0n) is 13.5. The summed E-state index contributed by atoms with van der Waals surface area (Å²) in [4.78, 5) is 23.7. The van der Waals surface area contributed by atoms with E-state index in [9.17, 15) is 9.59 Å². The van der Waals surface area contributed by atoms with Gasteiger partial charge in [-0.3, -0.25) is 9.59 Å². The van der Waals surface area contributed by atoms with Gasteiger partial charge in [-0.2, -0.15) is 0 Å². The molecule has 23 heavy (non-hydrogen) atoms. The number of amides is 2. The van der Waals surface area contributed by atoms with Crippen LogP contribution >= 0.6 is 11.3 Å². The van der Waals surface area contributed by atoms with Crippen molar-refractivity contribution < 1.29 is 9.59 Å². The van der Waals surface area contributed by atoms with Crippen molar-refractivity contribution in [1.82, 2.24) is 10.2 Å². The van der Waals surface area contributed by atoms with Crippen molar-refractivity contribution in [2.45, 2.75) is 40.0 Å². The maximum absolute atomic E-state index is 11.9. The molecular formula is C16H20N4O2S. The summed E-state index contributed by atoms with van der Waals surface area (Å²) in [6.07, 6.45) is 1.02. The van der Waals surface area contributed by atoms with Crippen molar-refractivity contribution in [3.63, 3.8) is 0 Å². The van der Waals surface area contributed by atoms with Gasteiger partial charge < -0.3 is 10.6 Å². The van der Waals surface area contributed by atoms with Gasteiger partial charge >= 0.3 is 0 Å². The fourth-order valence-electron chi connectivity index (χ4n) is 2.13. The van der Waals surface area contributed by atoms with Crippen LogP contribution < -0.4 is 10.6 Å². The van der Waals surface area contributed by atoms with Crippen molar-refractivity contribution in [3.8, 4) is 0 Å². The molecule has 6 nitrogen and oxygen atoms in total. The number of benzene rings is 1. The smallest absolute Gasteiger partial charge is 0.226 e. The Kier molecular flexibility index (Phi) is 5.81. The molecule has 0 aliphatic carbocycles. The van der Waals surface area contributed by atoms with E-state index in [-0.39, 0.29) is 24.7 Å². The van der Waals surface area contributed by atoms with E-state index in [1.165, 1.54) is 11.3 Å². The van der Waals surface area contributed by atoms with Crippen LogP contribution in [0.5, 0.6) is 0 Å². The maximum Gasteiger partial charge on any atom is 0.226 e. The Morgan fingerprint density at radius 1 is 1.00 bits per heavy atom. The fourth-order valence-corrected chi connectivity index (χ4v) is 2.82. The number of nitrogens with zero attached hydrogens (tertiary/aromatic N) is 2. The molecule has 0 unspecified atom stereocenters. The number of aromatic nitrogens is 2. The average molecular weight is 332 g/mol. The second-order valence-electron chi connectivity index (χ2n) is 5.33. The third-order valence-electron chi connectivity index (χ3n) is 3.10. The monoisotopic (exact) mass is 332 g/mol. The van der Waals surface area contributed by atoms with E-state index >= 15 is 0 Å². The summed E-state index contributed by atoms with van der Waals surface area (Å²) >= 11 is 1.35. The van der Waals surface area contributed by atoms with Crippen LogP contribution in [0.2, 0.25) is 0 Å². The lowest BCUT2D eigenvalue weighted by Crippen LogP contribution is -2.17. The van der Waals surface area contributed by atoms with E-state index in [0.717, 1.165) is 28.2 Å². The van der Waals surface area contributed by atoms with Crippen LogP contribution in [-0.4, -0.2) is 22.0 Å². The zero-order chi connectivity index (χ0) is 16.8. The van der Waals surface area contributed by atoms with Gasteiger partial charge in [0.05, 0.1) is 0 Å². The molecule has 1 aromatic heterocycles. The number of hydrogen-bond acceptors (Lipinski definition) is 5. The number of anilines is 2. The molecule has 0 aliphatic heterocycles. The molecule has 0 radical (unpaired) electrons. The first-order valence-electron chi connectivity index (χ1n) is 7.46. The number of nitrogens with one attached hydrogen (secondary N) is 2. The minimum Gasteiger partial charge on any atom is -0.326 e. The Bertz CT molecular complexity index is 692.